The van der Waals surface area contributed by atoms with Crippen molar-refractivity contribution in [2.45, 2.75) is 6.92 Å². The number of rotatable bonds is 4. The maximum Gasteiger partial charge on any atom is 0.265 e. The van der Waals surface area contributed by atoms with Gasteiger partial charge in [0.1, 0.15) is 4.88 Å². The lowest BCUT2D eigenvalue weighted by molar-refractivity contribution is -0.123. The average Bonchev–Trinajstić information content (AvgIpc) is 3.14. The van der Waals surface area contributed by atoms with E-state index in [2.05, 4.69) is 10.3 Å². The molecule has 1 saturated heterocycles. The Kier molecular flexibility index (Phi) is 4.87. The quantitative estimate of drug-likeness (QED) is 0.881. The fourth-order valence-electron chi connectivity index (χ4n) is 2.43. The molecule has 7 nitrogen and oxygen atoms in total. The molecular formula is C16H18N4O3S2. The highest BCUT2D eigenvalue weighted by molar-refractivity contribution is 7.17. The zero-order valence-corrected chi connectivity index (χ0v) is 15.7. The van der Waals surface area contributed by atoms with Gasteiger partial charge in [-0.15, -0.1) is 11.3 Å². The smallest absolute Gasteiger partial charge is 0.265 e. The Morgan fingerprint density at radius 1 is 1.32 bits per heavy atom. The van der Waals surface area contributed by atoms with Crippen LogP contribution in [0.3, 0.4) is 0 Å². The van der Waals surface area contributed by atoms with E-state index in [1.54, 1.807) is 32.0 Å². The van der Waals surface area contributed by atoms with Gasteiger partial charge in [0.15, 0.2) is 5.13 Å². The summed E-state index contributed by atoms with van der Waals surface area (Å²) in [4.78, 5) is 45.1. The Morgan fingerprint density at radius 2 is 2.04 bits per heavy atom. The normalized spacial score (nSPS) is 14.1. The second kappa shape index (κ2) is 6.93. The maximum atomic E-state index is 12.3. The number of thiophene rings is 1. The third-order valence-corrected chi connectivity index (χ3v) is 5.82. The van der Waals surface area contributed by atoms with Crippen molar-refractivity contribution < 1.29 is 14.4 Å². The Labute approximate surface area is 153 Å². The van der Waals surface area contributed by atoms with Crippen LogP contribution in [0.4, 0.5) is 5.13 Å². The van der Waals surface area contributed by atoms with E-state index >= 15 is 0 Å². The van der Waals surface area contributed by atoms with Crippen LogP contribution in [0.1, 0.15) is 25.0 Å². The van der Waals surface area contributed by atoms with Crippen LogP contribution in [0.2, 0.25) is 0 Å². The van der Waals surface area contributed by atoms with Gasteiger partial charge in [0.25, 0.3) is 11.8 Å². The highest BCUT2D eigenvalue weighted by Crippen LogP contribution is 2.26. The van der Waals surface area contributed by atoms with Gasteiger partial charge in [0.05, 0.1) is 16.5 Å². The van der Waals surface area contributed by atoms with Crippen LogP contribution in [0.15, 0.2) is 17.5 Å². The fourth-order valence-corrected chi connectivity index (χ4v) is 4.11. The van der Waals surface area contributed by atoms with Gasteiger partial charge in [-0.1, -0.05) is 17.4 Å². The number of likely N-dealkylation sites (tertiary alicyclic amines) is 1. The molecule has 0 unspecified atom stereocenters. The van der Waals surface area contributed by atoms with E-state index in [0.29, 0.717) is 33.7 Å². The lowest BCUT2D eigenvalue weighted by Gasteiger charge is -2.37. The van der Waals surface area contributed by atoms with Crippen LogP contribution in [0.25, 0.3) is 0 Å². The first-order chi connectivity index (χ1) is 11.9. The molecule has 3 amide bonds. The summed E-state index contributed by atoms with van der Waals surface area (Å²) in [6.07, 6.45) is 0. The minimum Gasteiger partial charge on any atom is -0.344 e. The van der Waals surface area contributed by atoms with Crippen molar-refractivity contribution >= 4 is 45.5 Å². The molecule has 1 aliphatic heterocycles. The van der Waals surface area contributed by atoms with Crippen molar-refractivity contribution in [1.82, 2.24) is 14.8 Å². The first-order valence-electron chi connectivity index (χ1n) is 7.69. The van der Waals surface area contributed by atoms with Crippen molar-refractivity contribution in [3.05, 3.63) is 33.0 Å². The second-order valence-corrected chi connectivity index (χ2v) is 7.95. The summed E-state index contributed by atoms with van der Waals surface area (Å²) in [5.41, 5.74) is 0.599. The van der Waals surface area contributed by atoms with E-state index in [-0.39, 0.29) is 23.6 Å². The number of carbonyl (C=O) groups excluding carboxylic acids is 3. The number of aryl methyl sites for hydroxylation is 1. The van der Waals surface area contributed by atoms with Gasteiger partial charge in [-0.05, 0) is 18.4 Å². The third kappa shape index (κ3) is 3.57. The first-order valence-corrected chi connectivity index (χ1v) is 9.39. The summed E-state index contributed by atoms with van der Waals surface area (Å²) in [6, 6.07) is 3.61. The molecule has 2 aromatic rings. The minimum atomic E-state index is -0.249. The summed E-state index contributed by atoms with van der Waals surface area (Å²) >= 11 is 2.56. The van der Waals surface area contributed by atoms with Crippen LogP contribution in [0, 0.1) is 12.8 Å². The molecule has 1 N–H and O–H groups in total. The molecule has 25 heavy (non-hydrogen) atoms. The number of amides is 3. The highest BCUT2D eigenvalue weighted by atomic mass is 32.1. The SMILES string of the molecule is Cc1nc(NC(=O)C2CN(C(=O)c3cccs3)C2)sc1C(=O)N(C)C. The Bertz CT molecular complexity index is 807. The van der Waals surface area contributed by atoms with Crippen molar-refractivity contribution in [3.8, 4) is 0 Å². The van der Waals surface area contributed by atoms with Gasteiger partial charge in [-0.2, -0.15) is 0 Å². The Morgan fingerprint density at radius 3 is 2.64 bits per heavy atom. The van der Waals surface area contributed by atoms with Crippen LogP contribution >= 0.6 is 22.7 Å². The number of carbonyl (C=O) groups is 3. The van der Waals surface area contributed by atoms with Crippen LogP contribution in [-0.4, -0.2) is 59.7 Å². The molecule has 0 aliphatic carbocycles. The van der Waals surface area contributed by atoms with Crippen LogP contribution < -0.4 is 5.32 Å². The number of anilines is 1. The molecule has 0 bridgehead atoms. The van der Waals surface area contributed by atoms with Gasteiger partial charge >= 0.3 is 0 Å². The molecule has 9 heteroatoms. The molecule has 0 atom stereocenters. The number of nitrogens with one attached hydrogen (secondary N) is 1. The first kappa shape index (κ1) is 17.6. The van der Waals surface area contributed by atoms with Gasteiger partial charge in [0.2, 0.25) is 5.91 Å². The molecule has 0 radical (unpaired) electrons. The molecule has 1 aliphatic rings. The lowest BCUT2D eigenvalue weighted by Crippen LogP contribution is -2.54. The molecule has 0 spiro atoms. The number of hydrogen-bond acceptors (Lipinski definition) is 6. The zero-order chi connectivity index (χ0) is 18.1. The average molecular weight is 378 g/mol. The molecule has 0 saturated carbocycles. The van der Waals surface area contributed by atoms with Crippen molar-refractivity contribution in [2.24, 2.45) is 5.92 Å². The van der Waals surface area contributed by atoms with E-state index < -0.39 is 0 Å². The topological polar surface area (TPSA) is 82.6 Å². The van der Waals surface area contributed by atoms with Gasteiger partial charge in [0, 0.05) is 27.2 Å². The monoisotopic (exact) mass is 378 g/mol. The van der Waals surface area contributed by atoms with Crippen molar-refractivity contribution in [3.63, 3.8) is 0 Å². The van der Waals surface area contributed by atoms with Crippen molar-refractivity contribution in [1.29, 1.82) is 0 Å². The summed E-state index contributed by atoms with van der Waals surface area (Å²) in [5, 5.41) is 5.02. The van der Waals surface area contributed by atoms with Crippen LogP contribution in [-0.2, 0) is 4.79 Å². The highest BCUT2D eigenvalue weighted by Gasteiger charge is 2.36. The van der Waals surface area contributed by atoms with E-state index in [1.165, 1.54) is 27.6 Å². The lowest BCUT2D eigenvalue weighted by atomic mass is 9.99. The molecule has 3 rings (SSSR count). The van der Waals surface area contributed by atoms with Gasteiger partial charge < -0.3 is 15.1 Å². The predicted octanol–water partition coefficient (Wildman–Crippen LogP) is 1.93. The predicted molar refractivity (Wildman–Crippen MR) is 97.2 cm³/mol. The number of aromatic nitrogens is 1. The van der Waals surface area contributed by atoms with Crippen molar-refractivity contribution in [2.75, 3.05) is 32.5 Å². The van der Waals surface area contributed by atoms with Gasteiger partial charge in [-0.25, -0.2) is 4.98 Å². The number of nitrogens with zero attached hydrogens (tertiary/aromatic N) is 3. The van der Waals surface area contributed by atoms with E-state index in [1.807, 2.05) is 11.4 Å². The minimum absolute atomic E-state index is 0.0389. The number of thiazole rings is 1. The Hall–Kier alpha value is -2.26. The molecule has 1 fully saturated rings. The third-order valence-electron chi connectivity index (χ3n) is 3.90. The largest absolute Gasteiger partial charge is 0.344 e. The van der Waals surface area contributed by atoms with Crippen LogP contribution in [0.5, 0.6) is 0 Å². The molecule has 132 valence electrons. The molecule has 3 heterocycles. The summed E-state index contributed by atoms with van der Waals surface area (Å²) < 4.78 is 0. The fraction of sp³-hybridized carbons (Fsp3) is 0.375. The molecule has 2 aromatic heterocycles. The molecular weight excluding hydrogens is 360 g/mol. The zero-order valence-electron chi connectivity index (χ0n) is 14.1. The summed E-state index contributed by atoms with van der Waals surface area (Å²) in [7, 11) is 3.35. The van der Waals surface area contributed by atoms with Gasteiger partial charge in [-0.3, -0.25) is 14.4 Å². The second-order valence-electron chi connectivity index (χ2n) is 6.01. The molecule has 0 aromatic carbocycles. The Balaban J connectivity index is 1.57. The summed E-state index contributed by atoms with van der Waals surface area (Å²) in [6.45, 7) is 2.54. The number of hydrogen-bond donors (Lipinski definition) is 1. The standard InChI is InChI=1S/C16H18N4O3S2/c1-9-12(15(23)19(2)3)25-16(17-9)18-13(21)10-7-20(8-10)14(22)11-5-4-6-24-11/h4-6,10H,7-8H2,1-3H3,(H,17,18,21). The van der Waals surface area contributed by atoms with E-state index in [9.17, 15) is 14.4 Å². The summed E-state index contributed by atoms with van der Waals surface area (Å²) in [5.74, 6) is -0.594. The van der Waals surface area contributed by atoms with E-state index in [4.69, 9.17) is 0 Å². The van der Waals surface area contributed by atoms with E-state index in [0.717, 1.165) is 0 Å². The maximum absolute atomic E-state index is 12.3.